The molecule has 74 valence electrons. The second-order valence-corrected chi connectivity index (χ2v) is 3.25. The average molecular weight is 191 g/mol. The molecule has 0 amide bonds. The van der Waals surface area contributed by atoms with Crippen LogP contribution in [0.25, 0.3) is 10.9 Å². The zero-order valence-electron chi connectivity index (χ0n) is 8.55. The first kappa shape index (κ1) is 8.94. The van der Waals surface area contributed by atoms with Gasteiger partial charge in [0.05, 0.1) is 14.2 Å². The monoisotopic (exact) mass is 191 g/mol. The molecule has 1 aromatic carbocycles. The molecular weight excluding hydrogens is 178 g/mol. The number of aromatic amines is 1. The zero-order valence-corrected chi connectivity index (χ0v) is 8.55. The quantitative estimate of drug-likeness (QED) is 0.791. The normalized spacial score (nSPS) is 10.5. The summed E-state index contributed by atoms with van der Waals surface area (Å²) < 4.78 is 10.4. The maximum atomic E-state index is 5.21. The summed E-state index contributed by atoms with van der Waals surface area (Å²) in [7, 11) is 3.28. The minimum absolute atomic E-state index is 0.752. The fraction of sp³-hybridized carbons (Fsp3) is 0.273. The topological polar surface area (TPSA) is 34.2 Å². The van der Waals surface area contributed by atoms with Crippen molar-refractivity contribution >= 4 is 10.9 Å². The van der Waals surface area contributed by atoms with E-state index < -0.39 is 0 Å². The molecule has 0 aliphatic carbocycles. The average Bonchev–Trinajstić information content (AvgIpc) is 2.54. The molecule has 0 saturated heterocycles. The van der Waals surface area contributed by atoms with E-state index in [0.717, 1.165) is 28.1 Å². The van der Waals surface area contributed by atoms with E-state index in [0.29, 0.717) is 0 Å². The van der Waals surface area contributed by atoms with E-state index in [-0.39, 0.29) is 0 Å². The van der Waals surface area contributed by atoms with Gasteiger partial charge in [-0.1, -0.05) is 0 Å². The van der Waals surface area contributed by atoms with Crippen LogP contribution in [0.15, 0.2) is 18.2 Å². The van der Waals surface area contributed by atoms with Gasteiger partial charge in [-0.2, -0.15) is 0 Å². The highest BCUT2D eigenvalue weighted by Crippen LogP contribution is 2.31. The van der Waals surface area contributed by atoms with E-state index >= 15 is 0 Å². The standard InChI is InChI=1S/C11H13NO2/c1-7-4-8-5-10(13-2)11(14-3)6-9(8)12-7/h4-6,12H,1-3H3. The third-order valence-corrected chi connectivity index (χ3v) is 2.26. The first-order valence-electron chi connectivity index (χ1n) is 4.46. The number of H-pyrrole nitrogens is 1. The Hall–Kier alpha value is -1.64. The van der Waals surface area contributed by atoms with Crippen molar-refractivity contribution in [1.29, 1.82) is 0 Å². The maximum Gasteiger partial charge on any atom is 0.162 e. The van der Waals surface area contributed by atoms with Crippen LogP contribution in [0.2, 0.25) is 0 Å². The number of aromatic nitrogens is 1. The van der Waals surface area contributed by atoms with Crippen LogP contribution in [-0.2, 0) is 0 Å². The third kappa shape index (κ3) is 1.31. The predicted molar refractivity (Wildman–Crippen MR) is 56.1 cm³/mol. The Balaban J connectivity index is 2.68. The lowest BCUT2D eigenvalue weighted by Crippen LogP contribution is -1.89. The fourth-order valence-electron chi connectivity index (χ4n) is 1.60. The number of fused-ring (bicyclic) bond motifs is 1. The van der Waals surface area contributed by atoms with Gasteiger partial charge in [0.2, 0.25) is 0 Å². The van der Waals surface area contributed by atoms with Crippen LogP contribution in [0, 0.1) is 6.92 Å². The van der Waals surface area contributed by atoms with Gasteiger partial charge in [0, 0.05) is 22.7 Å². The Labute approximate surface area is 82.6 Å². The van der Waals surface area contributed by atoms with Crippen LogP contribution in [0.1, 0.15) is 5.69 Å². The summed E-state index contributed by atoms with van der Waals surface area (Å²) in [5.41, 5.74) is 2.20. The summed E-state index contributed by atoms with van der Waals surface area (Å²) in [5, 5.41) is 1.14. The van der Waals surface area contributed by atoms with Crippen LogP contribution in [0.5, 0.6) is 11.5 Å². The Kier molecular flexibility index (Phi) is 2.08. The maximum absolute atomic E-state index is 5.21. The van der Waals surface area contributed by atoms with Crippen molar-refractivity contribution in [2.75, 3.05) is 14.2 Å². The van der Waals surface area contributed by atoms with Gasteiger partial charge in [-0.25, -0.2) is 0 Å². The fourth-order valence-corrected chi connectivity index (χ4v) is 1.60. The predicted octanol–water partition coefficient (Wildman–Crippen LogP) is 2.49. The molecule has 0 fully saturated rings. The molecule has 0 saturated carbocycles. The summed E-state index contributed by atoms with van der Waals surface area (Å²) >= 11 is 0. The van der Waals surface area contributed by atoms with Crippen LogP contribution >= 0.6 is 0 Å². The van der Waals surface area contributed by atoms with Crippen LogP contribution < -0.4 is 9.47 Å². The Bertz CT molecular complexity index is 419. The van der Waals surface area contributed by atoms with Crippen molar-refractivity contribution in [3.63, 3.8) is 0 Å². The van der Waals surface area contributed by atoms with E-state index in [2.05, 4.69) is 11.1 Å². The second kappa shape index (κ2) is 3.25. The molecule has 0 unspecified atom stereocenters. The van der Waals surface area contributed by atoms with Gasteiger partial charge in [-0.15, -0.1) is 0 Å². The molecule has 1 aromatic heterocycles. The van der Waals surface area contributed by atoms with Crippen molar-refractivity contribution in [3.05, 3.63) is 23.9 Å². The summed E-state index contributed by atoms with van der Waals surface area (Å²) in [6.45, 7) is 2.03. The van der Waals surface area contributed by atoms with Gasteiger partial charge in [0.15, 0.2) is 11.5 Å². The van der Waals surface area contributed by atoms with Gasteiger partial charge in [0.1, 0.15) is 0 Å². The molecule has 0 bridgehead atoms. The molecule has 2 aromatic rings. The van der Waals surface area contributed by atoms with Gasteiger partial charge >= 0.3 is 0 Å². The van der Waals surface area contributed by atoms with Gasteiger partial charge < -0.3 is 14.5 Å². The molecule has 0 radical (unpaired) electrons. The Morgan fingerprint density at radius 1 is 1.00 bits per heavy atom. The molecule has 2 rings (SSSR count). The lowest BCUT2D eigenvalue weighted by Gasteiger charge is -2.06. The molecule has 3 nitrogen and oxygen atoms in total. The van der Waals surface area contributed by atoms with E-state index in [1.807, 2.05) is 19.1 Å². The van der Waals surface area contributed by atoms with Crippen LogP contribution in [-0.4, -0.2) is 19.2 Å². The number of methoxy groups -OCH3 is 2. The molecule has 14 heavy (non-hydrogen) atoms. The van der Waals surface area contributed by atoms with E-state index in [1.54, 1.807) is 14.2 Å². The molecule has 0 atom stereocenters. The third-order valence-electron chi connectivity index (χ3n) is 2.26. The van der Waals surface area contributed by atoms with E-state index in [9.17, 15) is 0 Å². The first-order chi connectivity index (χ1) is 6.74. The lowest BCUT2D eigenvalue weighted by molar-refractivity contribution is 0.356. The van der Waals surface area contributed by atoms with Crippen LogP contribution in [0.3, 0.4) is 0 Å². The summed E-state index contributed by atoms with van der Waals surface area (Å²) in [5.74, 6) is 1.51. The second-order valence-electron chi connectivity index (χ2n) is 3.25. The number of nitrogens with one attached hydrogen (secondary N) is 1. The van der Waals surface area contributed by atoms with Crippen LogP contribution in [0.4, 0.5) is 0 Å². The smallest absolute Gasteiger partial charge is 0.162 e. The molecular formula is C11H13NO2. The molecule has 0 aliphatic rings. The van der Waals surface area contributed by atoms with Crippen molar-refractivity contribution in [2.24, 2.45) is 0 Å². The van der Waals surface area contributed by atoms with Gasteiger partial charge in [0.25, 0.3) is 0 Å². The summed E-state index contributed by atoms with van der Waals surface area (Å²) in [6.07, 6.45) is 0. The highest BCUT2D eigenvalue weighted by Gasteiger charge is 2.06. The highest BCUT2D eigenvalue weighted by atomic mass is 16.5. The van der Waals surface area contributed by atoms with Crippen molar-refractivity contribution < 1.29 is 9.47 Å². The van der Waals surface area contributed by atoms with Gasteiger partial charge in [-0.3, -0.25) is 0 Å². The molecule has 3 heteroatoms. The number of ether oxygens (including phenoxy) is 2. The van der Waals surface area contributed by atoms with Crippen molar-refractivity contribution in [3.8, 4) is 11.5 Å². The number of hydrogen-bond acceptors (Lipinski definition) is 2. The van der Waals surface area contributed by atoms with Gasteiger partial charge in [-0.05, 0) is 19.1 Å². The highest BCUT2D eigenvalue weighted by molar-refractivity contribution is 5.84. The Morgan fingerprint density at radius 3 is 2.29 bits per heavy atom. The largest absolute Gasteiger partial charge is 0.493 e. The molecule has 1 N–H and O–H groups in total. The molecule has 0 aliphatic heterocycles. The zero-order chi connectivity index (χ0) is 10.1. The minimum Gasteiger partial charge on any atom is -0.493 e. The number of rotatable bonds is 2. The molecule has 0 spiro atoms. The van der Waals surface area contributed by atoms with Crippen molar-refractivity contribution in [2.45, 2.75) is 6.92 Å². The number of hydrogen-bond donors (Lipinski definition) is 1. The van der Waals surface area contributed by atoms with Crippen molar-refractivity contribution in [1.82, 2.24) is 4.98 Å². The minimum atomic E-state index is 0.752. The first-order valence-corrected chi connectivity index (χ1v) is 4.46. The van der Waals surface area contributed by atoms with E-state index in [1.165, 1.54) is 0 Å². The Morgan fingerprint density at radius 2 is 1.64 bits per heavy atom. The molecule has 1 heterocycles. The number of aryl methyl sites for hydroxylation is 1. The summed E-state index contributed by atoms with van der Waals surface area (Å²) in [6, 6.07) is 6.00. The summed E-state index contributed by atoms with van der Waals surface area (Å²) in [4.78, 5) is 3.25. The number of benzene rings is 1. The lowest BCUT2D eigenvalue weighted by atomic mass is 10.2. The van der Waals surface area contributed by atoms with E-state index in [4.69, 9.17) is 9.47 Å². The SMILES string of the molecule is COc1cc2cc(C)[nH]c2cc1OC.